The minimum absolute atomic E-state index is 0.260. The Morgan fingerprint density at radius 3 is 2.82 bits per heavy atom. The lowest BCUT2D eigenvalue weighted by Crippen LogP contribution is -2.37. The first-order chi connectivity index (χ1) is 8.34. The van der Waals surface area contributed by atoms with Gasteiger partial charge in [-0.15, -0.1) is 11.3 Å². The van der Waals surface area contributed by atoms with Gasteiger partial charge >= 0.3 is 0 Å². The fourth-order valence-corrected chi connectivity index (χ4v) is 3.76. The van der Waals surface area contributed by atoms with E-state index >= 15 is 0 Å². The molecule has 1 heterocycles. The number of hydrogen-bond donors (Lipinski definition) is 1. The largest absolute Gasteiger partial charge is 0.353 e. The molecule has 3 heteroatoms. The Kier molecular flexibility index (Phi) is 3.19. The highest BCUT2D eigenvalue weighted by Gasteiger charge is 2.44. The van der Waals surface area contributed by atoms with Gasteiger partial charge < -0.3 is 5.32 Å². The van der Waals surface area contributed by atoms with E-state index in [1.54, 1.807) is 11.3 Å². The molecule has 2 atom stereocenters. The lowest BCUT2D eigenvalue weighted by molar-refractivity contribution is -0.123. The van der Waals surface area contributed by atoms with Crippen LogP contribution >= 0.6 is 11.3 Å². The van der Waals surface area contributed by atoms with E-state index in [1.807, 2.05) is 0 Å². The van der Waals surface area contributed by atoms with E-state index in [2.05, 4.69) is 22.8 Å². The SMILES string of the molecule is O=C(NC1CCCCC1)C1CC1c1cccs1. The van der Waals surface area contributed by atoms with Gasteiger partial charge in [0.05, 0.1) is 0 Å². The molecule has 2 aliphatic carbocycles. The second-order valence-corrected chi connectivity index (χ2v) is 6.29. The molecule has 1 aromatic rings. The highest BCUT2D eigenvalue weighted by Crippen LogP contribution is 2.49. The van der Waals surface area contributed by atoms with Crippen LogP contribution in [0.4, 0.5) is 0 Å². The smallest absolute Gasteiger partial charge is 0.223 e. The van der Waals surface area contributed by atoms with Crippen LogP contribution in [0.5, 0.6) is 0 Å². The summed E-state index contributed by atoms with van der Waals surface area (Å²) in [7, 11) is 0. The second-order valence-electron chi connectivity index (χ2n) is 5.31. The molecule has 2 unspecified atom stereocenters. The van der Waals surface area contributed by atoms with Crippen LogP contribution in [0.15, 0.2) is 17.5 Å². The molecule has 0 aliphatic heterocycles. The summed E-state index contributed by atoms with van der Waals surface area (Å²) in [6, 6.07) is 4.69. The highest BCUT2D eigenvalue weighted by atomic mass is 32.1. The number of carbonyl (C=O) groups is 1. The van der Waals surface area contributed by atoms with Crippen LogP contribution in [0.3, 0.4) is 0 Å². The average molecular weight is 249 g/mol. The molecule has 3 rings (SSSR count). The van der Waals surface area contributed by atoms with Gasteiger partial charge in [-0.1, -0.05) is 25.3 Å². The van der Waals surface area contributed by atoms with Crippen LogP contribution in [0.25, 0.3) is 0 Å². The molecule has 2 aliphatic rings. The van der Waals surface area contributed by atoms with Crippen molar-refractivity contribution in [3.05, 3.63) is 22.4 Å². The van der Waals surface area contributed by atoms with Crippen LogP contribution in [-0.4, -0.2) is 11.9 Å². The van der Waals surface area contributed by atoms with Crippen molar-refractivity contribution in [2.45, 2.75) is 50.5 Å². The number of hydrogen-bond acceptors (Lipinski definition) is 2. The highest BCUT2D eigenvalue weighted by molar-refractivity contribution is 7.10. The molecule has 2 saturated carbocycles. The third kappa shape index (κ3) is 2.54. The first-order valence-corrected chi connectivity index (χ1v) is 7.56. The summed E-state index contributed by atoms with van der Waals surface area (Å²) in [5, 5.41) is 5.34. The number of carbonyl (C=O) groups excluding carboxylic acids is 1. The quantitative estimate of drug-likeness (QED) is 0.875. The van der Waals surface area contributed by atoms with Gasteiger partial charge in [0.15, 0.2) is 0 Å². The van der Waals surface area contributed by atoms with Gasteiger partial charge in [0.25, 0.3) is 0 Å². The summed E-state index contributed by atoms with van der Waals surface area (Å²) in [5.41, 5.74) is 0. The summed E-state index contributed by atoms with van der Waals surface area (Å²) in [6.45, 7) is 0. The lowest BCUT2D eigenvalue weighted by atomic mass is 9.95. The van der Waals surface area contributed by atoms with Gasteiger partial charge in [0.2, 0.25) is 5.91 Å². The normalized spacial score (nSPS) is 28.9. The minimum atomic E-state index is 0.260. The number of thiophene rings is 1. The summed E-state index contributed by atoms with van der Waals surface area (Å²) in [5.74, 6) is 1.07. The van der Waals surface area contributed by atoms with E-state index in [0.717, 1.165) is 6.42 Å². The van der Waals surface area contributed by atoms with Crippen molar-refractivity contribution in [1.82, 2.24) is 5.32 Å². The zero-order chi connectivity index (χ0) is 11.7. The standard InChI is InChI=1S/C14H19NOS/c16-14(15-10-5-2-1-3-6-10)12-9-11(12)13-7-4-8-17-13/h4,7-8,10-12H,1-3,5-6,9H2,(H,15,16). The minimum Gasteiger partial charge on any atom is -0.353 e. The van der Waals surface area contributed by atoms with Crippen molar-refractivity contribution in [2.24, 2.45) is 5.92 Å². The third-order valence-electron chi connectivity index (χ3n) is 3.99. The van der Waals surface area contributed by atoms with Gasteiger partial charge in [0, 0.05) is 22.8 Å². The van der Waals surface area contributed by atoms with Crippen LogP contribution in [-0.2, 0) is 4.79 Å². The molecule has 0 spiro atoms. The fourth-order valence-electron chi connectivity index (χ4n) is 2.86. The predicted octanol–water partition coefficient (Wildman–Crippen LogP) is 3.30. The maximum absolute atomic E-state index is 12.1. The first-order valence-electron chi connectivity index (χ1n) is 6.68. The van der Waals surface area contributed by atoms with Crippen LogP contribution in [0.1, 0.15) is 49.3 Å². The zero-order valence-corrected chi connectivity index (χ0v) is 10.8. The van der Waals surface area contributed by atoms with Crippen molar-refractivity contribution < 1.29 is 4.79 Å². The Morgan fingerprint density at radius 2 is 2.12 bits per heavy atom. The molecule has 0 saturated heterocycles. The molecule has 92 valence electrons. The molecular weight excluding hydrogens is 230 g/mol. The van der Waals surface area contributed by atoms with E-state index in [1.165, 1.54) is 37.0 Å². The first kappa shape index (κ1) is 11.3. The van der Waals surface area contributed by atoms with Crippen LogP contribution < -0.4 is 5.32 Å². The Hall–Kier alpha value is -0.830. The predicted molar refractivity (Wildman–Crippen MR) is 70.2 cm³/mol. The van der Waals surface area contributed by atoms with E-state index in [9.17, 15) is 4.79 Å². The number of amides is 1. The summed E-state index contributed by atoms with van der Waals surface area (Å²) >= 11 is 1.78. The molecule has 1 amide bonds. The summed E-state index contributed by atoms with van der Waals surface area (Å²) < 4.78 is 0. The van der Waals surface area contributed by atoms with E-state index in [4.69, 9.17) is 0 Å². The average Bonchev–Trinajstić information content (AvgIpc) is 2.98. The van der Waals surface area contributed by atoms with Gasteiger partial charge in [-0.3, -0.25) is 4.79 Å². The Morgan fingerprint density at radius 1 is 1.29 bits per heavy atom. The van der Waals surface area contributed by atoms with E-state index < -0.39 is 0 Å². The molecule has 1 N–H and O–H groups in total. The molecule has 2 nitrogen and oxygen atoms in total. The molecule has 1 aromatic heterocycles. The molecule has 0 bridgehead atoms. The van der Waals surface area contributed by atoms with Crippen molar-refractivity contribution in [1.29, 1.82) is 0 Å². The second kappa shape index (κ2) is 4.81. The summed E-state index contributed by atoms with van der Waals surface area (Å²) in [4.78, 5) is 13.5. The Labute approximate surface area is 106 Å². The molecular formula is C14H19NOS. The van der Waals surface area contributed by atoms with Crippen molar-refractivity contribution in [3.8, 4) is 0 Å². The van der Waals surface area contributed by atoms with E-state index in [0.29, 0.717) is 17.9 Å². The molecule has 17 heavy (non-hydrogen) atoms. The molecule has 0 aromatic carbocycles. The van der Waals surface area contributed by atoms with Gasteiger partial charge in [0.1, 0.15) is 0 Å². The fraction of sp³-hybridized carbons (Fsp3) is 0.643. The lowest BCUT2D eigenvalue weighted by Gasteiger charge is -2.22. The maximum Gasteiger partial charge on any atom is 0.223 e. The monoisotopic (exact) mass is 249 g/mol. The Bertz CT molecular complexity index is 381. The molecule has 0 radical (unpaired) electrons. The zero-order valence-electron chi connectivity index (χ0n) is 10.0. The third-order valence-corrected chi connectivity index (χ3v) is 4.99. The van der Waals surface area contributed by atoms with Crippen molar-refractivity contribution in [2.75, 3.05) is 0 Å². The maximum atomic E-state index is 12.1. The van der Waals surface area contributed by atoms with Crippen molar-refractivity contribution >= 4 is 17.2 Å². The topological polar surface area (TPSA) is 29.1 Å². The van der Waals surface area contributed by atoms with Gasteiger partial charge in [-0.2, -0.15) is 0 Å². The van der Waals surface area contributed by atoms with Crippen LogP contribution in [0.2, 0.25) is 0 Å². The molecule has 2 fully saturated rings. The Balaban J connectivity index is 1.51. The van der Waals surface area contributed by atoms with Crippen molar-refractivity contribution in [3.63, 3.8) is 0 Å². The van der Waals surface area contributed by atoms with Gasteiger partial charge in [-0.25, -0.2) is 0 Å². The van der Waals surface area contributed by atoms with Crippen LogP contribution in [0, 0.1) is 5.92 Å². The number of rotatable bonds is 3. The van der Waals surface area contributed by atoms with Gasteiger partial charge in [-0.05, 0) is 30.7 Å². The summed E-state index contributed by atoms with van der Waals surface area (Å²) in [6.07, 6.45) is 7.32. The van der Waals surface area contributed by atoms with E-state index in [-0.39, 0.29) is 5.92 Å². The number of nitrogens with one attached hydrogen (secondary N) is 1.